The molecule has 19 heavy (non-hydrogen) atoms. The standard InChI is InChI=1S/C15H17BrO2S/c1-10(2)18-12-6-4-11(5-7-12)15(16)14-8-13(17-3)9-19-14/h4-10,15H,1-3H3. The van der Waals surface area contributed by atoms with Crippen molar-refractivity contribution in [1.29, 1.82) is 0 Å². The molecule has 0 bridgehead atoms. The van der Waals surface area contributed by atoms with Crippen molar-refractivity contribution in [2.24, 2.45) is 0 Å². The van der Waals surface area contributed by atoms with Gasteiger partial charge < -0.3 is 9.47 Å². The van der Waals surface area contributed by atoms with Crippen molar-refractivity contribution in [1.82, 2.24) is 0 Å². The summed E-state index contributed by atoms with van der Waals surface area (Å²) in [5.74, 6) is 1.81. The molecule has 0 spiro atoms. The van der Waals surface area contributed by atoms with Crippen LogP contribution in [0.2, 0.25) is 0 Å². The minimum atomic E-state index is 0.189. The summed E-state index contributed by atoms with van der Waals surface area (Å²) in [6.45, 7) is 4.05. The van der Waals surface area contributed by atoms with Gasteiger partial charge in [-0.2, -0.15) is 0 Å². The summed E-state index contributed by atoms with van der Waals surface area (Å²) in [6, 6.07) is 10.2. The van der Waals surface area contributed by atoms with E-state index in [2.05, 4.69) is 34.1 Å². The van der Waals surface area contributed by atoms with E-state index in [9.17, 15) is 0 Å². The van der Waals surface area contributed by atoms with Crippen LogP contribution in [0.1, 0.15) is 29.1 Å². The molecule has 2 aromatic rings. The van der Waals surface area contributed by atoms with Gasteiger partial charge in [-0.1, -0.05) is 28.1 Å². The third-order valence-electron chi connectivity index (χ3n) is 2.63. The molecule has 1 aromatic heterocycles. The van der Waals surface area contributed by atoms with E-state index >= 15 is 0 Å². The molecule has 0 aliphatic heterocycles. The smallest absolute Gasteiger partial charge is 0.129 e. The topological polar surface area (TPSA) is 18.5 Å². The normalized spacial score (nSPS) is 12.5. The number of hydrogen-bond acceptors (Lipinski definition) is 3. The lowest BCUT2D eigenvalue weighted by atomic mass is 10.1. The lowest BCUT2D eigenvalue weighted by molar-refractivity contribution is 0.242. The average molecular weight is 341 g/mol. The summed E-state index contributed by atoms with van der Waals surface area (Å²) in [4.78, 5) is 1.42. The highest BCUT2D eigenvalue weighted by Crippen LogP contribution is 2.37. The van der Waals surface area contributed by atoms with Gasteiger partial charge in [-0.15, -0.1) is 11.3 Å². The van der Waals surface area contributed by atoms with Crippen LogP contribution in [0.25, 0.3) is 0 Å². The Morgan fingerprint density at radius 3 is 2.32 bits per heavy atom. The summed E-state index contributed by atoms with van der Waals surface area (Å²) in [7, 11) is 1.69. The Morgan fingerprint density at radius 1 is 1.11 bits per heavy atom. The van der Waals surface area contributed by atoms with Crippen LogP contribution in [0.5, 0.6) is 11.5 Å². The maximum atomic E-state index is 5.64. The molecule has 2 rings (SSSR count). The van der Waals surface area contributed by atoms with E-state index in [1.54, 1.807) is 18.4 Å². The fourth-order valence-electron chi connectivity index (χ4n) is 1.73. The van der Waals surface area contributed by atoms with E-state index in [1.807, 2.05) is 31.4 Å². The quantitative estimate of drug-likeness (QED) is 0.710. The summed E-state index contributed by atoms with van der Waals surface area (Å²) >= 11 is 5.41. The Kier molecular flexibility index (Phi) is 4.88. The molecule has 0 fully saturated rings. The zero-order chi connectivity index (χ0) is 13.8. The molecule has 0 radical (unpaired) electrons. The van der Waals surface area contributed by atoms with Crippen LogP contribution in [0.3, 0.4) is 0 Å². The molecule has 0 amide bonds. The van der Waals surface area contributed by atoms with Crippen LogP contribution >= 0.6 is 27.3 Å². The molecule has 0 N–H and O–H groups in total. The van der Waals surface area contributed by atoms with E-state index in [0.717, 1.165) is 11.5 Å². The lowest BCUT2D eigenvalue weighted by Crippen LogP contribution is -2.05. The zero-order valence-electron chi connectivity index (χ0n) is 11.2. The Morgan fingerprint density at radius 2 is 1.79 bits per heavy atom. The molecule has 1 atom stereocenters. The van der Waals surface area contributed by atoms with Gasteiger partial charge in [0, 0.05) is 10.3 Å². The van der Waals surface area contributed by atoms with Gasteiger partial charge in [-0.25, -0.2) is 0 Å². The predicted molar refractivity (Wildman–Crippen MR) is 83.8 cm³/mol. The molecule has 0 aliphatic rings. The highest BCUT2D eigenvalue weighted by atomic mass is 79.9. The molecule has 1 unspecified atom stereocenters. The molecule has 1 heterocycles. The number of thiophene rings is 1. The first-order valence-electron chi connectivity index (χ1n) is 6.13. The molecular weight excluding hydrogens is 324 g/mol. The molecule has 0 aliphatic carbocycles. The minimum Gasteiger partial charge on any atom is -0.496 e. The SMILES string of the molecule is COc1csc(C(Br)c2ccc(OC(C)C)cc2)c1. The van der Waals surface area contributed by atoms with Gasteiger partial charge in [-0.05, 0) is 37.6 Å². The summed E-state index contributed by atoms with van der Waals surface area (Å²) in [5, 5.41) is 2.01. The number of methoxy groups -OCH3 is 1. The molecule has 2 nitrogen and oxygen atoms in total. The maximum absolute atomic E-state index is 5.64. The van der Waals surface area contributed by atoms with Crippen molar-refractivity contribution in [3.8, 4) is 11.5 Å². The highest BCUT2D eigenvalue weighted by Gasteiger charge is 2.13. The second-order valence-corrected chi connectivity index (χ2v) is 6.35. The van der Waals surface area contributed by atoms with E-state index in [0.29, 0.717) is 0 Å². The fraction of sp³-hybridized carbons (Fsp3) is 0.333. The molecule has 0 saturated carbocycles. The summed E-state index contributed by atoms with van der Waals surface area (Å²) in [5.41, 5.74) is 1.21. The molecular formula is C15H17BrO2S. The number of ether oxygens (including phenoxy) is 2. The summed E-state index contributed by atoms with van der Waals surface area (Å²) < 4.78 is 10.9. The van der Waals surface area contributed by atoms with Crippen molar-refractivity contribution in [3.63, 3.8) is 0 Å². The monoisotopic (exact) mass is 340 g/mol. The fourth-order valence-corrected chi connectivity index (χ4v) is 3.34. The Balaban J connectivity index is 2.12. The van der Waals surface area contributed by atoms with Crippen molar-refractivity contribution >= 4 is 27.3 Å². The largest absolute Gasteiger partial charge is 0.496 e. The molecule has 4 heteroatoms. The van der Waals surface area contributed by atoms with Crippen LogP contribution in [-0.4, -0.2) is 13.2 Å². The first-order valence-corrected chi connectivity index (χ1v) is 7.93. The van der Waals surface area contributed by atoms with E-state index in [1.165, 1.54) is 10.4 Å². The number of halogens is 1. The van der Waals surface area contributed by atoms with Gasteiger partial charge >= 0.3 is 0 Å². The van der Waals surface area contributed by atoms with Crippen LogP contribution in [-0.2, 0) is 0 Å². The van der Waals surface area contributed by atoms with E-state index < -0.39 is 0 Å². The van der Waals surface area contributed by atoms with Gasteiger partial charge in [0.05, 0.1) is 18.0 Å². The maximum Gasteiger partial charge on any atom is 0.129 e. The molecule has 1 aromatic carbocycles. The number of alkyl halides is 1. The lowest BCUT2D eigenvalue weighted by Gasteiger charge is -2.12. The second-order valence-electron chi connectivity index (χ2n) is 4.49. The minimum absolute atomic E-state index is 0.189. The van der Waals surface area contributed by atoms with Crippen LogP contribution < -0.4 is 9.47 Å². The van der Waals surface area contributed by atoms with Crippen LogP contribution in [0.4, 0.5) is 0 Å². The van der Waals surface area contributed by atoms with Crippen molar-refractivity contribution < 1.29 is 9.47 Å². The van der Waals surface area contributed by atoms with Crippen molar-refractivity contribution in [2.45, 2.75) is 24.8 Å². The van der Waals surface area contributed by atoms with Gasteiger partial charge in [-0.3, -0.25) is 0 Å². The Hall–Kier alpha value is -1.00. The average Bonchev–Trinajstić information content (AvgIpc) is 2.87. The Bertz CT molecular complexity index is 519. The number of rotatable bonds is 5. The van der Waals surface area contributed by atoms with Crippen molar-refractivity contribution in [2.75, 3.05) is 7.11 Å². The molecule has 102 valence electrons. The van der Waals surface area contributed by atoms with Crippen LogP contribution in [0.15, 0.2) is 35.7 Å². The highest BCUT2D eigenvalue weighted by molar-refractivity contribution is 9.09. The molecule has 0 saturated heterocycles. The van der Waals surface area contributed by atoms with Crippen LogP contribution in [0, 0.1) is 0 Å². The first kappa shape index (κ1) is 14.4. The predicted octanol–water partition coefficient (Wildman–Crippen LogP) is 5.03. The number of hydrogen-bond donors (Lipinski definition) is 0. The van der Waals surface area contributed by atoms with E-state index in [-0.39, 0.29) is 10.9 Å². The van der Waals surface area contributed by atoms with Gasteiger partial charge in [0.1, 0.15) is 11.5 Å². The van der Waals surface area contributed by atoms with E-state index in [4.69, 9.17) is 9.47 Å². The first-order chi connectivity index (χ1) is 9.10. The summed E-state index contributed by atoms with van der Waals surface area (Å²) in [6.07, 6.45) is 0.201. The second kappa shape index (κ2) is 6.44. The third kappa shape index (κ3) is 3.74. The van der Waals surface area contributed by atoms with Gasteiger partial charge in [0.2, 0.25) is 0 Å². The zero-order valence-corrected chi connectivity index (χ0v) is 13.6. The van der Waals surface area contributed by atoms with Gasteiger partial charge in [0.25, 0.3) is 0 Å². The van der Waals surface area contributed by atoms with Crippen molar-refractivity contribution in [3.05, 3.63) is 46.2 Å². The third-order valence-corrected chi connectivity index (χ3v) is 4.93. The Labute approximate surface area is 126 Å². The van der Waals surface area contributed by atoms with Gasteiger partial charge in [0.15, 0.2) is 0 Å². The number of benzene rings is 1.